The van der Waals surface area contributed by atoms with Crippen LogP contribution < -0.4 is 20.9 Å². The predicted octanol–water partition coefficient (Wildman–Crippen LogP) is 8.96. The van der Waals surface area contributed by atoms with E-state index in [1.807, 2.05) is 16.7 Å². The van der Waals surface area contributed by atoms with Crippen molar-refractivity contribution < 1.29 is 19.1 Å². The van der Waals surface area contributed by atoms with Crippen molar-refractivity contribution in [3.63, 3.8) is 0 Å². The summed E-state index contributed by atoms with van der Waals surface area (Å²) in [5.41, 5.74) is 18.6. The number of likely N-dealkylation sites (tertiary alicyclic amines) is 2. The Labute approximate surface area is 372 Å². The molecular formula is C47H50N10O4S2. The maximum atomic E-state index is 12.2. The Morgan fingerprint density at radius 3 is 1.75 bits per heavy atom. The summed E-state index contributed by atoms with van der Waals surface area (Å²) in [6.07, 6.45) is 12.0. The zero-order valence-electron chi connectivity index (χ0n) is 36.1. The summed E-state index contributed by atoms with van der Waals surface area (Å²) in [5.74, 6) is 2.84. The van der Waals surface area contributed by atoms with E-state index < -0.39 is 0 Å². The zero-order valence-corrected chi connectivity index (χ0v) is 37.7. The van der Waals surface area contributed by atoms with Gasteiger partial charge in [-0.05, 0) is 85.4 Å². The molecule has 324 valence electrons. The van der Waals surface area contributed by atoms with Crippen LogP contribution in [0.15, 0.2) is 74.1 Å². The zero-order chi connectivity index (χ0) is 44.1. The number of nitrogen functional groups attached to an aromatic ring is 2. The molecule has 6 aromatic heterocycles. The molecule has 0 spiro atoms. The fourth-order valence-electron chi connectivity index (χ4n) is 9.17. The van der Waals surface area contributed by atoms with Gasteiger partial charge in [0.15, 0.2) is 0 Å². The Balaban J connectivity index is 0.000000160. The summed E-state index contributed by atoms with van der Waals surface area (Å²) in [6.45, 7) is 12.5. The lowest BCUT2D eigenvalue weighted by atomic mass is 10.1. The van der Waals surface area contributed by atoms with Gasteiger partial charge in [0.1, 0.15) is 47.1 Å². The van der Waals surface area contributed by atoms with Crippen molar-refractivity contribution in [2.24, 2.45) is 0 Å². The lowest BCUT2D eigenvalue weighted by Crippen LogP contribution is -2.39. The highest BCUT2D eigenvalue weighted by Gasteiger charge is 2.30. The summed E-state index contributed by atoms with van der Waals surface area (Å²) >= 11 is 3.36. The smallest absolute Gasteiger partial charge is 0.246 e. The number of hydrogen-bond acceptors (Lipinski definition) is 12. The van der Waals surface area contributed by atoms with Crippen LogP contribution in [-0.2, 0) is 9.59 Å². The number of aryl methyl sites for hydroxylation is 2. The third-order valence-electron chi connectivity index (χ3n) is 12.2. The highest BCUT2D eigenvalue weighted by Crippen LogP contribution is 2.45. The number of thiophene rings is 2. The van der Waals surface area contributed by atoms with E-state index in [-0.39, 0.29) is 23.9 Å². The molecule has 10 rings (SSSR count). The standard InChI is InChI=1S/C24H25N5O2S.C23H25N5O2S/c1-4-20(30)28-7-5-6-16(11-28)29-12-17(21-23(25)26-13-27-24(21)29)19-10-15-8-14(2)9-18(31-3)22(15)32-19;1-4-19(29)27-6-5-15(10-27)28-11-16(20-22(24)25-12-26-23(20)28)18-9-14-7-13(2)8-17(30-3)21(14)31-18/h4,8-10,12-13,16H,1,5-7,11H2,2-3H3,(H2,25,26,27);7-9,11-12,15H,4-6,10H2,1-3H3,(H2,24,25,26). The number of rotatable bonds is 8. The van der Waals surface area contributed by atoms with Crippen molar-refractivity contribution in [1.29, 1.82) is 0 Å². The number of carbonyl (C=O) groups is 2. The molecule has 2 aromatic carbocycles. The van der Waals surface area contributed by atoms with Crippen LogP contribution in [-0.4, -0.2) is 91.1 Å². The highest BCUT2D eigenvalue weighted by atomic mass is 32.1. The average Bonchev–Trinajstić information content (AvgIpc) is 4.14. The molecule has 14 nitrogen and oxygen atoms in total. The minimum Gasteiger partial charge on any atom is -0.495 e. The number of anilines is 2. The van der Waals surface area contributed by atoms with E-state index in [0.717, 1.165) is 118 Å². The Hall–Kier alpha value is -6.52. The summed E-state index contributed by atoms with van der Waals surface area (Å²) in [4.78, 5) is 48.1. The molecule has 0 saturated carbocycles. The van der Waals surface area contributed by atoms with Crippen molar-refractivity contribution in [3.05, 3.63) is 85.2 Å². The molecule has 0 bridgehead atoms. The molecule has 0 aliphatic carbocycles. The molecule has 2 unspecified atom stereocenters. The third-order valence-corrected chi connectivity index (χ3v) is 14.6. The Morgan fingerprint density at radius 1 is 0.746 bits per heavy atom. The number of nitrogens with two attached hydrogens (primary N) is 2. The molecule has 2 amide bonds. The molecular weight excluding hydrogens is 833 g/mol. The van der Waals surface area contributed by atoms with E-state index in [2.05, 4.69) is 98.3 Å². The molecule has 2 atom stereocenters. The van der Waals surface area contributed by atoms with Gasteiger partial charge < -0.3 is 39.9 Å². The van der Waals surface area contributed by atoms with Crippen molar-refractivity contribution >= 4 is 88.4 Å². The molecule has 8 heterocycles. The van der Waals surface area contributed by atoms with Crippen molar-refractivity contribution in [3.8, 4) is 32.4 Å². The molecule has 2 aliphatic heterocycles. The van der Waals surface area contributed by atoms with Crippen LogP contribution >= 0.6 is 22.7 Å². The van der Waals surface area contributed by atoms with Gasteiger partial charge >= 0.3 is 0 Å². The van der Waals surface area contributed by atoms with Gasteiger partial charge in [0.05, 0.1) is 46.5 Å². The van der Waals surface area contributed by atoms with E-state index in [1.54, 1.807) is 36.9 Å². The molecule has 8 aromatic rings. The number of amides is 2. The van der Waals surface area contributed by atoms with Gasteiger partial charge in [-0.2, -0.15) is 0 Å². The topological polar surface area (TPSA) is 173 Å². The monoisotopic (exact) mass is 882 g/mol. The second-order valence-electron chi connectivity index (χ2n) is 16.2. The number of ether oxygens (including phenoxy) is 2. The SMILES string of the molecule is C=CC(=O)N1CCCC(n2cc(-c3cc4cc(C)cc(OC)c4s3)c3c(N)ncnc32)C1.CCC(=O)N1CCC(n2cc(-c3cc4cc(C)cc(OC)c4s3)c3c(N)ncnc32)C1. The van der Waals surface area contributed by atoms with Crippen LogP contribution in [0, 0.1) is 13.8 Å². The first-order chi connectivity index (χ1) is 30.5. The summed E-state index contributed by atoms with van der Waals surface area (Å²) in [5, 5.41) is 4.00. The number of methoxy groups -OCH3 is 2. The first-order valence-electron chi connectivity index (χ1n) is 21.1. The second-order valence-corrected chi connectivity index (χ2v) is 18.3. The first-order valence-corrected chi connectivity index (χ1v) is 22.7. The average molecular weight is 883 g/mol. The van der Waals surface area contributed by atoms with E-state index in [9.17, 15) is 9.59 Å². The van der Waals surface area contributed by atoms with Crippen LogP contribution in [0.2, 0.25) is 0 Å². The lowest BCUT2D eigenvalue weighted by Gasteiger charge is -2.33. The van der Waals surface area contributed by atoms with E-state index in [4.69, 9.17) is 20.9 Å². The van der Waals surface area contributed by atoms with Crippen molar-refractivity contribution in [2.45, 2.75) is 58.5 Å². The van der Waals surface area contributed by atoms with Crippen LogP contribution in [0.25, 0.3) is 63.1 Å². The molecule has 2 saturated heterocycles. The first kappa shape index (κ1) is 41.8. The third kappa shape index (κ3) is 7.60. The second kappa shape index (κ2) is 17.0. The van der Waals surface area contributed by atoms with Gasteiger partial charge in [0.2, 0.25) is 11.8 Å². The Kier molecular flexibility index (Phi) is 11.3. The molecule has 2 aliphatic rings. The van der Waals surface area contributed by atoms with Gasteiger partial charge in [0, 0.05) is 65.9 Å². The lowest BCUT2D eigenvalue weighted by molar-refractivity contribution is -0.130. The van der Waals surface area contributed by atoms with Crippen molar-refractivity contribution in [1.82, 2.24) is 38.9 Å². The highest BCUT2D eigenvalue weighted by molar-refractivity contribution is 7.23. The van der Waals surface area contributed by atoms with Crippen LogP contribution in [0.3, 0.4) is 0 Å². The fourth-order valence-corrected chi connectivity index (χ4v) is 11.5. The predicted molar refractivity (Wildman–Crippen MR) is 254 cm³/mol. The van der Waals surface area contributed by atoms with Gasteiger partial charge in [-0.25, -0.2) is 19.9 Å². The number of aromatic nitrogens is 6. The Morgan fingerprint density at radius 2 is 1.25 bits per heavy atom. The van der Waals surface area contributed by atoms with Crippen LogP contribution in [0.5, 0.6) is 11.5 Å². The largest absolute Gasteiger partial charge is 0.495 e. The Bertz CT molecular complexity index is 3070. The fraction of sp³-hybridized carbons (Fsp3) is 0.319. The van der Waals surface area contributed by atoms with E-state index in [1.165, 1.54) is 18.7 Å². The minimum absolute atomic E-state index is 0.0347. The molecule has 4 N–H and O–H groups in total. The van der Waals surface area contributed by atoms with Gasteiger partial charge in [0.25, 0.3) is 0 Å². The van der Waals surface area contributed by atoms with Crippen LogP contribution in [0.4, 0.5) is 11.6 Å². The number of benzene rings is 2. The van der Waals surface area contributed by atoms with E-state index in [0.29, 0.717) is 31.1 Å². The summed E-state index contributed by atoms with van der Waals surface area (Å²) in [6, 6.07) is 13.1. The van der Waals surface area contributed by atoms with Gasteiger partial charge in [-0.1, -0.05) is 25.6 Å². The molecule has 63 heavy (non-hydrogen) atoms. The van der Waals surface area contributed by atoms with Crippen LogP contribution in [0.1, 0.15) is 55.8 Å². The summed E-state index contributed by atoms with van der Waals surface area (Å²) < 4.78 is 17.8. The molecule has 0 radical (unpaired) electrons. The molecule has 2 fully saturated rings. The van der Waals surface area contributed by atoms with Gasteiger partial charge in [-0.15, -0.1) is 22.7 Å². The number of fused-ring (bicyclic) bond motifs is 4. The maximum Gasteiger partial charge on any atom is 0.246 e. The normalized spacial score (nSPS) is 16.5. The number of hydrogen-bond donors (Lipinski definition) is 2. The number of piperidine rings is 1. The number of carbonyl (C=O) groups excluding carboxylic acids is 2. The van der Waals surface area contributed by atoms with E-state index >= 15 is 0 Å². The van der Waals surface area contributed by atoms with Crippen molar-refractivity contribution in [2.75, 3.05) is 51.9 Å². The summed E-state index contributed by atoms with van der Waals surface area (Å²) in [7, 11) is 3.40. The minimum atomic E-state index is -0.0347. The molecule has 16 heteroatoms. The number of nitrogens with zero attached hydrogens (tertiary/aromatic N) is 8. The quantitative estimate of drug-likeness (QED) is 0.140. The van der Waals surface area contributed by atoms with Gasteiger partial charge in [-0.3, -0.25) is 9.59 Å². The maximum absolute atomic E-state index is 12.2.